The summed E-state index contributed by atoms with van der Waals surface area (Å²) >= 11 is 1.48. The van der Waals surface area contributed by atoms with E-state index in [1.165, 1.54) is 24.2 Å². The van der Waals surface area contributed by atoms with Gasteiger partial charge in [0, 0.05) is 4.88 Å². The van der Waals surface area contributed by atoms with Crippen molar-refractivity contribution >= 4 is 34.2 Å². The normalized spacial score (nSPS) is 26.7. The highest BCUT2D eigenvalue weighted by atomic mass is 32.1. The van der Waals surface area contributed by atoms with Crippen LogP contribution >= 0.6 is 11.3 Å². The van der Waals surface area contributed by atoms with Crippen LogP contribution in [0.25, 0.3) is 0 Å². The monoisotopic (exact) mass is 473 g/mol. The lowest BCUT2D eigenvalue weighted by Gasteiger charge is -2.26. The van der Waals surface area contributed by atoms with Gasteiger partial charge in [-0.1, -0.05) is 30.4 Å². The molecule has 1 amide bonds. The number of esters is 1. The highest BCUT2D eigenvalue weighted by Crippen LogP contribution is 2.57. The Morgan fingerprint density at radius 2 is 1.64 bits per heavy atom. The van der Waals surface area contributed by atoms with E-state index in [2.05, 4.69) is 5.32 Å². The fourth-order valence-electron chi connectivity index (χ4n) is 6.40. The minimum atomic E-state index is -0.901. The lowest BCUT2D eigenvalue weighted by molar-refractivity contribution is -0.148. The van der Waals surface area contributed by atoms with Gasteiger partial charge in [0.25, 0.3) is 0 Å². The molecule has 6 nitrogen and oxygen atoms in total. The average molecular weight is 474 g/mol. The van der Waals surface area contributed by atoms with E-state index in [-0.39, 0.29) is 24.3 Å². The van der Waals surface area contributed by atoms with Crippen LogP contribution in [-0.4, -0.2) is 29.6 Å². The zero-order valence-electron chi connectivity index (χ0n) is 19.9. The second-order valence-electron chi connectivity index (χ2n) is 9.82. The number of aliphatic carboxylic acids is 1. The fourth-order valence-corrected chi connectivity index (χ4v) is 7.68. The number of hydrogen-bond acceptors (Lipinski definition) is 5. The predicted octanol–water partition coefficient (Wildman–Crippen LogP) is 5.61. The standard InChI is InChI=1S/C26H35NO5S/c1-4-32-26(31)22-15-10-8-6-5-7-9-11-18(15)33-24(22)27-23(28)20-16-12-13-17(19(16)14(2)3)21(20)25(29)30/h16-17,20-21H,4-13H2,1-3H3,(H,27,28)(H,29,30)/t16-,17-,20-,21+/m0/s1. The summed E-state index contributed by atoms with van der Waals surface area (Å²) in [5.74, 6) is -2.97. The summed E-state index contributed by atoms with van der Waals surface area (Å²) in [5.41, 5.74) is 3.79. The molecule has 0 spiro atoms. The molecule has 2 fully saturated rings. The SMILES string of the molecule is CCOC(=O)c1c(NC(=O)[C@@H]2[C@H](C(=O)O)[C@H]3CC[C@H]2C3=C(C)C)sc2c1CCCCCCC2. The summed E-state index contributed by atoms with van der Waals surface area (Å²) in [6.07, 6.45) is 8.98. The Kier molecular flexibility index (Phi) is 7.27. The van der Waals surface area contributed by atoms with Crippen molar-refractivity contribution in [3.05, 3.63) is 27.2 Å². The molecule has 1 aromatic rings. The van der Waals surface area contributed by atoms with Crippen molar-refractivity contribution in [1.82, 2.24) is 0 Å². The number of nitrogens with one attached hydrogen (secondary N) is 1. The Bertz CT molecular complexity index is 974. The molecular weight excluding hydrogens is 438 g/mol. The van der Waals surface area contributed by atoms with E-state index in [1.807, 2.05) is 13.8 Å². The van der Waals surface area contributed by atoms with Crippen LogP contribution in [0, 0.1) is 23.7 Å². The average Bonchev–Trinajstić information content (AvgIpc) is 3.43. The van der Waals surface area contributed by atoms with Crippen LogP contribution < -0.4 is 5.32 Å². The van der Waals surface area contributed by atoms with E-state index in [1.54, 1.807) is 6.92 Å². The summed E-state index contributed by atoms with van der Waals surface area (Å²) in [7, 11) is 0. The number of fused-ring (bicyclic) bond motifs is 3. The van der Waals surface area contributed by atoms with Crippen LogP contribution in [0.1, 0.15) is 86.5 Å². The van der Waals surface area contributed by atoms with E-state index in [9.17, 15) is 19.5 Å². The number of aryl methyl sites for hydroxylation is 1. The Labute approximate surface area is 199 Å². The molecule has 3 aliphatic rings. The van der Waals surface area contributed by atoms with Gasteiger partial charge in [-0.05, 0) is 76.7 Å². The van der Waals surface area contributed by atoms with Crippen LogP contribution in [0.5, 0.6) is 0 Å². The molecule has 4 atom stereocenters. The molecule has 2 saturated carbocycles. The highest BCUT2D eigenvalue weighted by molar-refractivity contribution is 7.17. The summed E-state index contributed by atoms with van der Waals surface area (Å²) in [6, 6.07) is 0. The van der Waals surface area contributed by atoms with Crippen molar-refractivity contribution in [3.63, 3.8) is 0 Å². The van der Waals surface area contributed by atoms with Gasteiger partial charge in [-0.3, -0.25) is 9.59 Å². The van der Waals surface area contributed by atoms with Gasteiger partial charge in [0.15, 0.2) is 0 Å². The molecule has 2 N–H and O–H groups in total. The Morgan fingerprint density at radius 3 is 2.27 bits per heavy atom. The van der Waals surface area contributed by atoms with E-state index >= 15 is 0 Å². The molecule has 1 heterocycles. The molecule has 2 bridgehead atoms. The molecular formula is C26H35NO5S. The summed E-state index contributed by atoms with van der Waals surface area (Å²) < 4.78 is 5.38. The fraction of sp³-hybridized carbons (Fsp3) is 0.654. The largest absolute Gasteiger partial charge is 0.481 e. The Morgan fingerprint density at radius 1 is 1.00 bits per heavy atom. The van der Waals surface area contributed by atoms with Crippen LogP contribution in [-0.2, 0) is 27.2 Å². The van der Waals surface area contributed by atoms with E-state index in [0.29, 0.717) is 10.6 Å². The third kappa shape index (κ3) is 4.48. The van der Waals surface area contributed by atoms with E-state index in [4.69, 9.17) is 4.74 Å². The van der Waals surface area contributed by atoms with Crippen LogP contribution in [0.2, 0.25) is 0 Å². The molecule has 0 saturated heterocycles. The van der Waals surface area contributed by atoms with E-state index < -0.39 is 23.8 Å². The van der Waals surface area contributed by atoms with E-state index in [0.717, 1.165) is 66.5 Å². The van der Waals surface area contributed by atoms with Crippen molar-refractivity contribution < 1.29 is 24.2 Å². The first-order valence-corrected chi connectivity index (χ1v) is 13.2. The lowest BCUT2D eigenvalue weighted by Crippen LogP contribution is -2.38. The molecule has 7 heteroatoms. The van der Waals surface area contributed by atoms with Crippen molar-refractivity contribution in [2.24, 2.45) is 23.7 Å². The lowest BCUT2D eigenvalue weighted by atomic mass is 9.78. The van der Waals surface area contributed by atoms with Crippen LogP contribution in [0.15, 0.2) is 11.1 Å². The van der Waals surface area contributed by atoms with Gasteiger partial charge in [-0.2, -0.15) is 0 Å². The van der Waals surface area contributed by atoms with Gasteiger partial charge in [0.1, 0.15) is 5.00 Å². The first-order valence-electron chi connectivity index (χ1n) is 12.4. The van der Waals surface area contributed by atoms with Gasteiger partial charge < -0.3 is 15.2 Å². The Balaban J connectivity index is 1.68. The van der Waals surface area contributed by atoms with Gasteiger partial charge in [0.2, 0.25) is 5.91 Å². The first kappa shape index (κ1) is 24.0. The third-order valence-corrected chi connectivity index (χ3v) is 8.85. The zero-order chi connectivity index (χ0) is 23.7. The van der Waals surface area contributed by atoms with Gasteiger partial charge in [0.05, 0.1) is 24.0 Å². The number of carboxylic acid groups (broad SMARTS) is 1. The number of hydrogen-bond donors (Lipinski definition) is 2. The van der Waals surface area contributed by atoms with Crippen LogP contribution in [0.4, 0.5) is 5.00 Å². The smallest absolute Gasteiger partial charge is 0.341 e. The van der Waals surface area contributed by atoms with Crippen molar-refractivity contribution in [2.45, 2.75) is 78.6 Å². The maximum Gasteiger partial charge on any atom is 0.341 e. The second-order valence-corrected chi connectivity index (χ2v) is 10.9. The first-order chi connectivity index (χ1) is 15.8. The van der Waals surface area contributed by atoms with Gasteiger partial charge in [-0.15, -0.1) is 11.3 Å². The predicted molar refractivity (Wildman–Crippen MR) is 129 cm³/mol. The maximum atomic E-state index is 13.6. The minimum Gasteiger partial charge on any atom is -0.481 e. The molecule has 1 aromatic heterocycles. The third-order valence-electron chi connectivity index (χ3n) is 7.64. The number of anilines is 1. The number of rotatable bonds is 5. The zero-order valence-corrected chi connectivity index (χ0v) is 20.7. The molecule has 0 aliphatic heterocycles. The number of ether oxygens (including phenoxy) is 1. The van der Waals surface area contributed by atoms with Crippen molar-refractivity contribution in [3.8, 4) is 0 Å². The van der Waals surface area contributed by atoms with Crippen molar-refractivity contribution in [1.29, 1.82) is 0 Å². The number of thiophene rings is 1. The topological polar surface area (TPSA) is 92.7 Å². The maximum absolute atomic E-state index is 13.6. The molecule has 3 aliphatic carbocycles. The summed E-state index contributed by atoms with van der Waals surface area (Å²) in [4.78, 5) is 39.9. The van der Waals surface area contributed by atoms with Gasteiger partial charge >= 0.3 is 11.9 Å². The molecule has 0 aromatic carbocycles. The minimum absolute atomic E-state index is 0.0309. The highest BCUT2D eigenvalue weighted by Gasteiger charge is 2.57. The van der Waals surface area contributed by atoms with Crippen LogP contribution in [0.3, 0.4) is 0 Å². The number of carbonyl (C=O) groups excluding carboxylic acids is 2. The number of carbonyl (C=O) groups is 3. The molecule has 0 unspecified atom stereocenters. The second kappa shape index (κ2) is 10.00. The molecule has 0 radical (unpaired) electrons. The van der Waals surface area contributed by atoms with Gasteiger partial charge in [-0.25, -0.2) is 4.79 Å². The quantitative estimate of drug-likeness (QED) is 0.429. The summed E-state index contributed by atoms with van der Waals surface area (Å²) in [6.45, 7) is 6.08. The Hall–Kier alpha value is -2.15. The number of amides is 1. The molecule has 33 heavy (non-hydrogen) atoms. The van der Waals surface area contributed by atoms with Crippen molar-refractivity contribution in [2.75, 3.05) is 11.9 Å². The molecule has 180 valence electrons. The summed E-state index contributed by atoms with van der Waals surface area (Å²) in [5, 5.41) is 13.5. The molecule has 4 rings (SSSR count). The number of allylic oxidation sites excluding steroid dienone is 2. The number of carboxylic acids is 1.